The van der Waals surface area contributed by atoms with E-state index in [-0.39, 0.29) is 6.61 Å². The molecule has 1 aromatic carbocycles. The van der Waals surface area contributed by atoms with Crippen LogP contribution in [0.3, 0.4) is 0 Å². The molecule has 0 atom stereocenters. The molecule has 0 aliphatic carbocycles. The average Bonchev–Trinajstić information content (AvgIpc) is 2.81. The lowest BCUT2D eigenvalue weighted by Crippen LogP contribution is -1.97. The van der Waals surface area contributed by atoms with E-state index in [2.05, 4.69) is 15.9 Å². The largest absolute Gasteiger partial charge is 0.493 e. The minimum atomic E-state index is -0.0109. The van der Waals surface area contributed by atoms with Crippen molar-refractivity contribution in [2.24, 2.45) is 0 Å². The van der Waals surface area contributed by atoms with E-state index in [0.717, 1.165) is 14.9 Å². The second-order valence-electron chi connectivity index (χ2n) is 3.62. The summed E-state index contributed by atoms with van der Waals surface area (Å²) in [5, 5.41) is 11.1. The highest BCUT2D eigenvalue weighted by Gasteiger charge is 2.08. The fraction of sp³-hybridized carbons (Fsp3) is 0.231. The van der Waals surface area contributed by atoms with Gasteiger partial charge in [0, 0.05) is 4.47 Å². The van der Waals surface area contributed by atoms with Crippen molar-refractivity contribution in [2.75, 3.05) is 7.11 Å². The van der Waals surface area contributed by atoms with Crippen LogP contribution in [0.15, 0.2) is 34.1 Å². The van der Waals surface area contributed by atoms with Crippen LogP contribution in [0.2, 0.25) is 0 Å². The third-order valence-corrected chi connectivity index (χ3v) is 4.36. The molecular weight excluding hydrogens is 316 g/mol. The van der Waals surface area contributed by atoms with Crippen molar-refractivity contribution in [3.63, 3.8) is 0 Å². The van der Waals surface area contributed by atoms with Crippen LogP contribution >= 0.6 is 27.3 Å². The first-order valence-corrected chi connectivity index (χ1v) is 7.04. The fourth-order valence-corrected chi connectivity index (χ4v) is 2.88. The summed E-state index contributed by atoms with van der Waals surface area (Å²) in [4.78, 5) is 1.12. The van der Waals surface area contributed by atoms with Gasteiger partial charge in [0.05, 0.1) is 18.6 Å². The first-order valence-electron chi connectivity index (χ1n) is 5.37. The number of hydrogen-bond donors (Lipinski definition) is 1. The average molecular weight is 329 g/mol. The van der Waals surface area contributed by atoms with Gasteiger partial charge in [0.2, 0.25) is 0 Å². The lowest BCUT2D eigenvalue weighted by Gasteiger charge is -2.11. The lowest BCUT2D eigenvalue weighted by molar-refractivity contribution is 0.272. The van der Waals surface area contributed by atoms with E-state index in [1.807, 2.05) is 17.5 Å². The van der Waals surface area contributed by atoms with Gasteiger partial charge in [0.15, 0.2) is 11.5 Å². The minimum absolute atomic E-state index is 0.0109. The van der Waals surface area contributed by atoms with Gasteiger partial charge in [-0.2, -0.15) is 0 Å². The van der Waals surface area contributed by atoms with Gasteiger partial charge in [-0.3, -0.25) is 0 Å². The van der Waals surface area contributed by atoms with Gasteiger partial charge < -0.3 is 14.6 Å². The Kier molecular flexibility index (Phi) is 4.63. The van der Waals surface area contributed by atoms with Gasteiger partial charge in [-0.15, -0.1) is 11.3 Å². The molecule has 18 heavy (non-hydrogen) atoms. The van der Waals surface area contributed by atoms with Crippen molar-refractivity contribution < 1.29 is 14.6 Å². The molecule has 1 heterocycles. The summed E-state index contributed by atoms with van der Waals surface area (Å²) in [6.07, 6.45) is 0. The molecule has 1 aromatic heterocycles. The molecular formula is C13H13BrO3S. The van der Waals surface area contributed by atoms with E-state index in [0.29, 0.717) is 18.1 Å². The van der Waals surface area contributed by atoms with Gasteiger partial charge in [-0.1, -0.05) is 6.07 Å². The van der Waals surface area contributed by atoms with Crippen LogP contribution in [0, 0.1) is 0 Å². The van der Waals surface area contributed by atoms with E-state index in [4.69, 9.17) is 14.6 Å². The van der Waals surface area contributed by atoms with Crippen LogP contribution in [0.25, 0.3) is 0 Å². The third kappa shape index (κ3) is 3.04. The van der Waals surface area contributed by atoms with Crippen LogP contribution in [0.1, 0.15) is 10.4 Å². The summed E-state index contributed by atoms with van der Waals surface area (Å²) in [5.74, 6) is 1.31. The second kappa shape index (κ2) is 6.22. The minimum Gasteiger partial charge on any atom is -0.493 e. The molecule has 5 heteroatoms. The van der Waals surface area contributed by atoms with Crippen molar-refractivity contribution in [3.05, 3.63) is 44.6 Å². The maximum atomic E-state index is 9.12. The quantitative estimate of drug-likeness (QED) is 0.911. The van der Waals surface area contributed by atoms with E-state index < -0.39 is 0 Å². The van der Waals surface area contributed by atoms with Gasteiger partial charge >= 0.3 is 0 Å². The highest BCUT2D eigenvalue weighted by Crippen LogP contribution is 2.30. The Hall–Kier alpha value is -1.04. The molecule has 0 fully saturated rings. The third-order valence-electron chi connectivity index (χ3n) is 2.46. The molecule has 0 radical (unpaired) electrons. The van der Waals surface area contributed by atoms with Crippen molar-refractivity contribution in [3.8, 4) is 11.5 Å². The maximum Gasteiger partial charge on any atom is 0.162 e. The van der Waals surface area contributed by atoms with Crippen molar-refractivity contribution in [1.29, 1.82) is 0 Å². The van der Waals surface area contributed by atoms with Crippen LogP contribution < -0.4 is 9.47 Å². The monoisotopic (exact) mass is 328 g/mol. The number of benzene rings is 1. The van der Waals surface area contributed by atoms with E-state index >= 15 is 0 Å². The van der Waals surface area contributed by atoms with Crippen LogP contribution in [-0.4, -0.2) is 12.2 Å². The Bertz CT molecular complexity index is 525. The molecule has 0 unspecified atom stereocenters. The zero-order valence-electron chi connectivity index (χ0n) is 9.85. The topological polar surface area (TPSA) is 38.7 Å². The van der Waals surface area contributed by atoms with Gasteiger partial charge in [-0.05, 0) is 45.1 Å². The smallest absolute Gasteiger partial charge is 0.162 e. The Morgan fingerprint density at radius 1 is 1.28 bits per heavy atom. The van der Waals surface area contributed by atoms with Gasteiger partial charge in [-0.25, -0.2) is 0 Å². The second-order valence-corrected chi connectivity index (χ2v) is 5.48. The predicted octanol–water partition coefficient (Wildman–Crippen LogP) is 3.59. The molecule has 0 aliphatic heterocycles. The van der Waals surface area contributed by atoms with E-state index in [1.165, 1.54) is 0 Å². The molecule has 0 saturated carbocycles. The van der Waals surface area contributed by atoms with E-state index in [1.54, 1.807) is 30.6 Å². The highest BCUT2D eigenvalue weighted by atomic mass is 79.9. The zero-order chi connectivity index (χ0) is 13.0. The van der Waals surface area contributed by atoms with E-state index in [9.17, 15) is 0 Å². The zero-order valence-corrected chi connectivity index (χ0v) is 12.3. The number of methoxy groups -OCH3 is 1. The number of aliphatic hydroxyl groups is 1. The lowest BCUT2D eigenvalue weighted by atomic mass is 10.2. The Morgan fingerprint density at radius 3 is 2.72 bits per heavy atom. The molecule has 2 aromatic rings. The number of halogens is 1. The molecule has 0 saturated heterocycles. The standard InChI is InChI=1S/C13H13BrO3S/c1-16-11-3-2-9(7-15)6-12(11)17-8-13-10(14)4-5-18-13/h2-6,15H,7-8H2,1H3. The molecule has 2 rings (SSSR count). The van der Waals surface area contributed by atoms with Gasteiger partial charge in [0.25, 0.3) is 0 Å². The fourth-order valence-electron chi connectivity index (χ4n) is 1.50. The SMILES string of the molecule is COc1ccc(CO)cc1OCc1sccc1Br. The number of aliphatic hydroxyl groups excluding tert-OH is 1. The van der Waals surface area contributed by atoms with Crippen LogP contribution in [-0.2, 0) is 13.2 Å². The predicted molar refractivity (Wildman–Crippen MR) is 75.3 cm³/mol. The summed E-state index contributed by atoms with van der Waals surface area (Å²) in [6.45, 7) is 0.465. The number of ether oxygens (including phenoxy) is 2. The summed E-state index contributed by atoms with van der Waals surface area (Å²) in [5.41, 5.74) is 0.802. The van der Waals surface area contributed by atoms with Crippen molar-refractivity contribution >= 4 is 27.3 Å². The Balaban J connectivity index is 2.14. The highest BCUT2D eigenvalue weighted by molar-refractivity contribution is 9.10. The van der Waals surface area contributed by atoms with Crippen LogP contribution in [0.5, 0.6) is 11.5 Å². The maximum absolute atomic E-state index is 9.12. The molecule has 1 N–H and O–H groups in total. The van der Waals surface area contributed by atoms with Crippen LogP contribution in [0.4, 0.5) is 0 Å². The summed E-state index contributed by atoms with van der Waals surface area (Å²) in [6, 6.07) is 7.39. The van der Waals surface area contributed by atoms with Crippen molar-refractivity contribution in [2.45, 2.75) is 13.2 Å². The summed E-state index contributed by atoms with van der Waals surface area (Å²) < 4.78 is 12.0. The number of hydrogen-bond acceptors (Lipinski definition) is 4. The molecule has 3 nitrogen and oxygen atoms in total. The first-order chi connectivity index (χ1) is 8.74. The number of rotatable bonds is 5. The first kappa shape index (κ1) is 13.4. The van der Waals surface area contributed by atoms with Gasteiger partial charge in [0.1, 0.15) is 6.61 Å². The Morgan fingerprint density at radius 2 is 2.11 bits per heavy atom. The summed E-state index contributed by atoms with van der Waals surface area (Å²) >= 11 is 5.09. The molecule has 96 valence electrons. The molecule has 0 amide bonds. The van der Waals surface area contributed by atoms with Crippen molar-refractivity contribution in [1.82, 2.24) is 0 Å². The Labute approximate surface area is 118 Å². The molecule has 0 aliphatic rings. The molecule has 0 spiro atoms. The summed E-state index contributed by atoms with van der Waals surface area (Å²) in [7, 11) is 1.60. The normalized spacial score (nSPS) is 10.4. The molecule has 0 bridgehead atoms. The number of thiophene rings is 1.